The van der Waals surface area contributed by atoms with E-state index >= 15 is 0 Å². The average Bonchev–Trinajstić information content (AvgIpc) is 3.18. The molecule has 0 saturated carbocycles. The fourth-order valence-corrected chi connectivity index (χ4v) is 4.33. The summed E-state index contributed by atoms with van der Waals surface area (Å²) in [6.45, 7) is 0.344. The highest BCUT2D eigenvalue weighted by Gasteiger charge is 2.32. The Balaban J connectivity index is 1.61. The maximum Gasteiger partial charge on any atom is 0.272 e. The van der Waals surface area contributed by atoms with Crippen LogP contribution >= 0.6 is 23.8 Å². The summed E-state index contributed by atoms with van der Waals surface area (Å²) in [5.41, 5.74) is 6.76. The number of benzene rings is 2. The van der Waals surface area contributed by atoms with Crippen molar-refractivity contribution in [3.05, 3.63) is 93.9 Å². The summed E-state index contributed by atoms with van der Waals surface area (Å²) in [4.78, 5) is 19.8. The molecule has 0 spiro atoms. The molecule has 1 atom stereocenters. The van der Waals surface area contributed by atoms with Crippen molar-refractivity contribution in [3.63, 3.8) is 0 Å². The van der Waals surface area contributed by atoms with Crippen LogP contribution in [0.25, 0.3) is 0 Å². The molecule has 8 nitrogen and oxygen atoms in total. The van der Waals surface area contributed by atoms with Crippen LogP contribution in [-0.4, -0.2) is 56.2 Å². The van der Waals surface area contributed by atoms with Gasteiger partial charge in [-0.1, -0.05) is 41.9 Å². The molecule has 0 aromatic heterocycles. The molecule has 2 aliphatic rings. The van der Waals surface area contributed by atoms with Crippen molar-refractivity contribution in [3.8, 4) is 17.2 Å². The molecule has 1 aliphatic carbocycles. The van der Waals surface area contributed by atoms with Gasteiger partial charge in [0.2, 0.25) is 11.9 Å². The second-order valence-electron chi connectivity index (χ2n) is 8.27. The first-order chi connectivity index (χ1) is 18.4. The second-order valence-corrected chi connectivity index (χ2v) is 9.12. The highest BCUT2D eigenvalue weighted by Crippen LogP contribution is 2.38. The number of carbonyl (C=O) groups excluding carboxylic acids is 1. The predicted molar refractivity (Wildman–Crippen MR) is 152 cm³/mol. The summed E-state index contributed by atoms with van der Waals surface area (Å²) in [7, 11) is 6.35. The Bertz CT molecular complexity index is 1390. The SMILES string of the molecule is COc1cc(CNC(=S)NC2N=C(c3ccccc3)C3=C=CC(Cl)=CC=C3N(C)C2=O)cc(OC)c1OC. The van der Waals surface area contributed by atoms with Crippen LogP contribution in [-0.2, 0) is 11.3 Å². The lowest BCUT2D eigenvalue weighted by molar-refractivity contribution is -0.129. The Kier molecular flexibility index (Phi) is 8.53. The molecule has 2 N–H and O–H groups in total. The summed E-state index contributed by atoms with van der Waals surface area (Å²) in [6.07, 6.45) is 4.19. The van der Waals surface area contributed by atoms with E-state index in [-0.39, 0.29) is 11.0 Å². The number of aliphatic imine (C=N–C) groups is 1. The standard InChI is InChI=1S/C28H27ClN4O4S/c1-33-21-13-11-19(29)10-12-20(21)24(18-8-6-5-7-9-18)31-26(27(33)34)32-28(38)30-16-17-14-22(35-2)25(37-4)23(15-17)36-3/h5-11,13-15,26H,16H2,1-4H3,(H2,30,32,38). The first-order valence-electron chi connectivity index (χ1n) is 11.6. The number of likely N-dealkylation sites (N-methyl/N-ethyl adjacent to an activating group) is 1. The third-order valence-corrected chi connectivity index (χ3v) is 6.42. The van der Waals surface area contributed by atoms with E-state index in [1.165, 1.54) is 4.90 Å². The van der Waals surface area contributed by atoms with Crippen molar-refractivity contribution in [2.75, 3.05) is 28.4 Å². The van der Waals surface area contributed by atoms with Gasteiger partial charge >= 0.3 is 0 Å². The summed E-state index contributed by atoms with van der Waals surface area (Å²) in [6, 6.07) is 13.3. The van der Waals surface area contributed by atoms with Crippen LogP contribution in [0.4, 0.5) is 0 Å². The zero-order chi connectivity index (χ0) is 27.2. The molecule has 4 rings (SSSR count). The van der Waals surface area contributed by atoms with Gasteiger partial charge in [0.25, 0.3) is 5.91 Å². The molecule has 10 heteroatoms. The van der Waals surface area contributed by atoms with Crippen molar-refractivity contribution < 1.29 is 19.0 Å². The van der Waals surface area contributed by atoms with Gasteiger partial charge in [-0.25, -0.2) is 4.99 Å². The Hall–Kier alpha value is -4.04. The molecule has 38 heavy (non-hydrogen) atoms. The summed E-state index contributed by atoms with van der Waals surface area (Å²) < 4.78 is 16.2. The smallest absolute Gasteiger partial charge is 0.272 e. The predicted octanol–water partition coefficient (Wildman–Crippen LogP) is 4.07. The van der Waals surface area contributed by atoms with Crippen LogP contribution in [0.5, 0.6) is 17.2 Å². The Morgan fingerprint density at radius 2 is 1.79 bits per heavy atom. The van der Waals surface area contributed by atoms with E-state index in [0.717, 1.165) is 11.1 Å². The number of hydrogen-bond donors (Lipinski definition) is 2. The summed E-state index contributed by atoms with van der Waals surface area (Å²) >= 11 is 11.8. The molecule has 0 fully saturated rings. The molecule has 1 heterocycles. The first-order valence-corrected chi connectivity index (χ1v) is 12.4. The fraction of sp³-hybridized carbons (Fsp3) is 0.214. The minimum atomic E-state index is -0.975. The lowest BCUT2D eigenvalue weighted by Gasteiger charge is -2.22. The Morgan fingerprint density at radius 3 is 2.42 bits per heavy atom. The van der Waals surface area contributed by atoms with Crippen LogP contribution in [0.1, 0.15) is 11.1 Å². The van der Waals surface area contributed by atoms with Gasteiger partial charge in [-0.05, 0) is 48.1 Å². The number of rotatable bonds is 7. The molecule has 0 bridgehead atoms. The van der Waals surface area contributed by atoms with Crippen LogP contribution < -0.4 is 24.8 Å². The maximum atomic E-state index is 13.5. The molecule has 1 amide bonds. The van der Waals surface area contributed by atoms with E-state index in [9.17, 15) is 4.79 Å². The molecule has 1 aliphatic heterocycles. The minimum Gasteiger partial charge on any atom is -0.493 e. The highest BCUT2D eigenvalue weighted by molar-refractivity contribution is 7.80. The van der Waals surface area contributed by atoms with Gasteiger partial charge < -0.3 is 29.7 Å². The average molecular weight is 551 g/mol. The molecule has 0 saturated heterocycles. The van der Waals surface area contributed by atoms with E-state index in [1.54, 1.807) is 46.6 Å². The van der Waals surface area contributed by atoms with Gasteiger partial charge in [-0.2, -0.15) is 0 Å². The topological polar surface area (TPSA) is 84.4 Å². The van der Waals surface area contributed by atoms with Gasteiger partial charge in [0.1, 0.15) is 0 Å². The fourth-order valence-electron chi connectivity index (χ4n) is 4.03. The lowest BCUT2D eigenvalue weighted by atomic mass is 10.00. The number of ether oxygens (including phenoxy) is 3. The van der Waals surface area contributed by atoms with Crippen molar-refractivity contribution in [1.29, 1.82) is 0 Å². The van der Waals surface area contributed by atoms with Crippen LogP contribution in [0.15, 0.2) is 87.7 Å². The monoisotopic (exact) mass is 550 g/mol. The number of nitrogens with one attached hydrogen (secondary N) is 2. The molecular weight excluding hydrogens is 524 g/mol. The molecule has 1 unspecified atom stereocenters. The number of fused-ring (bicyclic) bond motifs is 1. The van der Waals surface area contributed by atoms with Gasteiger partial charge in [0.05, 0.1) is 38.3 Å². The summed E-state index contributed by atoms with van der Waals surface area (Å²) in [5, 5.41) is 6.94. The number of methoxy groups -OCH3 is 3. The number of nitrogens with zero attached hydrogens (tertiary/aromatic N) is 2. The van der Waals surface area contributed by atoms with E-state index < -0.39 is 6.17 Å². The quantitative estimate of drug-likeness (QED) is 0.397. The first kappa shape index (κ1) is 27.0. The highest BCUT2D eigenvalue weighted by atomic mass is 35.5. The number of hydrogen-bond acceptors (Lipinski definition) is 6. The number of thiocarbonyl (C=S) groups is 1. The lowest BCUT2D eigenvalue weighted by Crippen LogP contribution is -2.48. The number of amides is 1. The van der Waals surface area contributed by atoms with Gasteiger partial charge in [0.15, 0.2) is 16.6 Å². The molecule has 0 radical (unpaired) electrons. The number of halogens is 1. The van der Waals surface area contributed by atoms with E-state index in [0.29, 0.717) is 45.8 Å². The Labute approximate surface area is 231 Å². The van der Waals surface area contributed by atoms with Crippen molar-refractivity contribution in [2.24, 2.45) is 4.99 Å². The zero-order valence-electron chi connectivity index (χ0n) is 21.4. The normalized spacial score (nSPS) is 16.6. The summed E-state index contributed by atoms with van der Waals surface area (Å²) in [5.74, 6) is 1.27. The number of allylic oxidation sites excluding steroid dienone is 4. The van der Waals surface area contributed by atoms with E-state index in [2.05, 4.69) is 16.4 Å². The van der Waals surface area contributed by atoms with Gasteiger partial charge in [-0.3, -0.25) is 4.79 Å². The van der Waals surface area contributed by atoms with E-state index in [1.807, 2.05) is 42.5 Å². The third-order valence-electron chi connectivity index (χ3n) is 5.92. The van der Waals surface area contributed by atoms with Crippen LogP contribution in [0.2, 0.25) is 0 Å². The van der Waals surface area contributed by atoms with Crippen LogP contribution in [0.3, 0.4) is 0 Å². The maximum absolute atomic E-state index is 13.5. The zero-order valence-corrected chi connectivity index (χ0v) is 22.9. The van der Waals surface area contributed by atoms with Crippen molar-refractivity contribution in [1.82, 2.24) is 15.5 Å². The third kappa shape index (κ3) is 5.75. The molecule has 196 valence electrons. The Morgan fingerprint density at radius 1 is 1.11 bits per heavy atom. The van der Waals surface area contributed by atoms with Gasteiger partial charge in [0, 0.05) is 24.2 Å². The second kappa shape index (κ2) is 12.0. The van der Waals surface area contributed by atoms with Crippen molar-refractivity contribution in [2.45, 2.75) is 12.7 Å². The molecular formula is C28H27ClN4O4S. The van der Waals surface area contributed by atoms with Gasteiger partial charge in [-0.15, -0.1) is 5.73 Å². The largest absolute Gasteiger partial charge is 0.493 e. The minimum absolute atomic E-state index is 0.255. The molecule has 2 aromatic rings. The van der Waals surface area contributed by atoms with E-state index in [4.69, 9.17) is 43.0 Å². The molecule has 2 aromatic carbocycles. The number of carbonyl (C=O) groups is 1. The van der Waals surface area contributed by atoms with Crippen molar-refractivity contribution >= 4 is 40.6 Å². The van der Waals surface area contributed by atoms with Crippen LogP contribution in [0, 0.1) is 0 Å².